The van der Waals surface area contributed by atoms with E-state index in [0.717, 1.165) is 51.6 Å². The lowest BCUT2D eigenvalue weighted by molar-refractivity contribution is -0.127. The molecule has 0 aromatic rings. The fraction of sp³-hybridized carbons (Fsp3) is 0.867. The third-order valence-corrected chi connectivity index (χ3v) is 4.06. The molecule has 0 spiro atoms. The molecule has 1 rings (SSSR count). The number of rotatable bonds is 6. The molecule has 4 nitrogen and oxygen atoms in total. The third-order valence-electron chi connectivity index (χ3n) is 4.06. The van der Waals surface area contributed by atoms with E-state index in [4.69, 9.17) is 0 Å². The smallest absolute Gasteiger partial charge is 0.224 e. The van der Waals surface area contributed by atoms with Crippen LogP contribution in [-0.2, 0) is 4.79 Å². The van der Waals surface area contributed by atoms with E-state index in [0.29, 0.717) is 0 Å². The van der Waals surface area contributed by atoms with E-state index in [-0.39, 0.29) is 11.8 Å². The summed E-state index contributed by atoms with van der Waals surface area (Å²) in [5.74, 6) is 0.148. The van der Waals surface area contributed by atoms with Crippen molar-refractivity contribution in [2.24, 2.45) is 5.92 Å². The predicted octanol–water partition coefficient (Wildman–Crippen LogP) is 2.31. The largest absolute Gasteiger partial charge is 0.337 e. The van der Waals surface area contributed by atoms with Crippen molar-refractivity contribution in [1.82, 2.24) is 10.2 Å². The minimum absolute atomic E-state index is 0.0693. The van der Waals surface area contributed by atoms with Gasteiger partial charge in [0, 0.05) is 19.0 Å². The zero-order chi connectivity index (χ0) is 14.3. The Labute approximate surface area is 117 Å². The summed E-state index contributed by atoms with van der Waals surface area (Å²) in [6.07, 6.45) is 5.33. The van der Waals surface area contributed by atoms with Gasteiger partial charge in [-0.2, -0.15) is 5.26 Å². The maximum absolute atomic E-state index is 12.4. The van der Waals surface area contributed by atoms with E-state index < -0.39 is 5.54 Å². The number of carbonyl (C=O) groups is 1. The first-order valence-electron chi connectivity index (χ1n) is 7.48. The predicted molar refractivity (Wildman–Crippen MR) is 76.5 cm³/mol. The van der Waals surface area contributed by atoms with Gasteiger partial charge in [0.05, 0.1) is 6.07 Å². The van der Waals surface area contributed by atoms with Crippen LogP contribution in [0.1, 0.15) is 52.4 Å². The molecule has 1 amide bonds. The Hall–Kier alpha value is -1.08. The molecule has 0 atom stereocenters. The van der Waals surface area contributed by atoms with Crippen LogP contribution in [0.15, 0.2) is 0 Å². The van der Waals surface area contributed by atoms with Crippen LogP contribution in [0.25, 0.3) is 0 Å². The lowest BCUT2D eigenvalue weighted by Crippen LogP contribution is -2.55. The topological polar surface area (TPSA) is 56.1 Å². The number of hydrogen-bond donors (Lipinski definition) is 1. The quantitative estimate of drug-likeness (QED) is 0.801. The second kappa shape index (κ2) is 7.49. The van der Waals surface area contributed by atoms with Crippen LogP contribution in [0, 0.1) is 17.2 Å². The fourth-order valence-corrected chi connectivity index (χ4v) is 2.71. The maximum Gasteiger partial charge on any atom is 0.224 e. The Kier molecular flexibility index (Phi) is 6.30. The van der Waals surface area contributed by atoms with Crippen molar-refractivity contribution in [2.45, 2.75) is 57.9 Å². The molecule has 19 heavy (non-hydrogen) atoms. The number of carbonyl (C=O) groups excluding carboxylic acids is 1. The first-order chi connectivity index (χ1) is 9.06. The van der Waals surface area contributed by atoms with Crippen molar-refractivity contribution in [3.8, 4) is 6.07 Å². The van der Waals surface area contributed by atoms with Crippen molar-refractivity contribution in [3.63, 3.8) is 0 Å². The number of nitrogens with one attached hydrogen (secondary N) is 1. The molecule has 0 aliphatic carbocycles. The molecule has 1 saturated heterocycles. The Morgan fingerprint density at radius 3 is 2.26 bits per heavy atom. The number of nitrogens with zero attached hydrogens (tertiary/aromatic N) is 2. The first kappa shape index (κ1) is 16.0. The lowest BCUT2D eigenvalue weighted by Gasteiger charge is -2.36. The highest BCUT2D eigenvalue weighted by Gasteiger charge is 2.36. The van der Waals surface area contributed by atoms with Gasteiger partial charge in [-0.3, -0.25) is 4.79 Å². The lowest BCUT2D eigenvalue weighted by atomic mass is 9.87. The molecule has 1 aliphatic rings. The first-order valence-corrected chi connectivity index (χ1v) is 7.48. The fourth-order valence-electron chi connectivity index (χ4n) is 2.71. The molecule has 4 heteroatoms. The van der Waals surface area contributed by atoms with Gasteiger partial charge in [0.15, 0.2) is 0 Å². The highest BCUT2D eigenvalue weighted by Crippen LogP contribution is 2.23. The van der Waals surface area contributed by atoms with Crippen molar-refractivity contribution < 1.29 is 4.79 Å². The summed E-state index contributed by atoms with van der Waals surface area (Å²) in [7, 11) is 2.06. The molecule has 0 radical (unpaired) electrons. The van der Waals surface area contributed by atoms with Crippen LogP contribution in [-0.4, -0.2) is 36.5 Å². The summed E-state index contributed by atoms with van der Waals surface area (Å²) >= 11 is 0. The highest BCUT2D eigenvalue weighted by atomic mass is 16.2. The van der Waals surface area contributed by atoms with Crippen molar-refractivity contribution in [1.29, 1.82) is 5.26 Å². The zero-order valence-electron chi connectivity index (χ0n) is 12.5. The second-order valence-corrected chi connectivity index (χ2v) is 5.76. The second-order valence-electron chi connectivity index (χ2n) is 5.76. The standard InChI is InChI=1S/C15H27N3O/c1-4-6-13(7-5-2)14(19)17-15(12-16)8-10-18(3)11-9-15/h13H,4-11H2,1-3H3,(H,17,19). The number of hydrogen-bond acceptors (Lipinski definition) is 3. The minimum Gasteiger partial charge on any atom is -0.337 e. The van der Waals surface area contributed by atoms with Gasteiger partial charge in [0.1, 0.15) is 5.54 Å². The van der Waals surface area contributed by atoms with Crippen molar-refractivity contribution >= 4 is 5.91 Å². The molecular weight excluding hydrogens is 238 g/mol. The van der Waals surface area contributed by atoms with Gasteiger partial charge in [-0.1, -0.05) is 26.7 Å². The number of likely N-dealkylation sites (tertiary alicyclic amines) is 1. The Balaban J connectivity index is 2.64. The molecule has 0 aromatic carbocycles. The van der Waals surface area contributed by atoms with E-state index in [2.05, 4.69) is 37.2 Å². The average molecular weight is 265 g/mol. The van der Waals surface area contributed by atoms with Crippen molar-refractivity contribution in [2.75, 3.05) is 20.1 Å². The van der Waals surface area contributed by atoms with E-state index in [9.17, 15) is 10.1 Å². The normalized spacial score (nSPS) is 19.1. The van der Waals surface area contributed by atoms with Gasteiger partial charge in [-0.05, 0) is 32.7 Å². The van der Waals surface area contributed by atoms with Gasteiger partial charge in [0.25, 0.3) is 0 Å². The molecule has 1 aliphatic heterocycles. The molecule has 1 N–H and O–H groups in total. The number of piperidine rings is 1. The summed E-state index contributed by atoms with van der Waals surface area (Å²) < 4.78 is 0. The van der Waals surface area contributed by atoms with Gasteiger partial charge in [0.2, 0.25) is 5.91 Å². The van der Waals surface area contributed by atoms with Crippen LogP contribution in [0.4, 0.5) is 0 Å². The third kappa shape index (κ3) is 4.50. The minimum atomic E-state index is -0.636. The van der Waals surface area contributed by atoms with Gasteiger partial charge >= 0.3 is 0 Å². The summed E-state index contributed by atoms with van der Waals surface area (Å²) in [5, 5.41) is 12.5. The van der Waals surface area contributed by atoms with E-state index >= 15 is 0 Å². The van der Waals surface area contributed by atoms with E-state index in [1.54, 1.807) is 0 Å². The summed E-state index contributed by atoms with van der Waals surface area (Å²) in [5.41, 5.74) is -0.636. The molecule has 0 saturated carbocycles. The van der Waals surface area contributed by atoms with Crippen LogP contribution >= 0.6 is 0 Å². The number of nitriles is 1. The number of amides is 1. The van der Waals surface area contributed by atoms with Gasteiger partial charge in [-0.15, -0.1) is 0 Å². The monoisotopic (exact) mass is 265 g/mol. The van der Waals surface area contributed by atoms with Crippen LogP contribution in [0.5, 0.6) is 0 Å². The Morgan fingerprint density at radius 1 is 1.32 bits per heavy atom. The van der Waals surface area contributed by atoms with Crippen LogP contribution < -0.4 is 5.32 Å². The molecule has 108 valence electrons. The molecular formula is C15H27N3O. The zero-order valence-corrected chi connectivity index (χ0v) is 12.5. The maximum atomic E-state index is 12.4. The van der Waals surface area contributed by atoms with E-state index in [1.807, 2.05) is 0 Å². The molecule has 1 fully saturated rings. The summed E-state index contributed by atoms with van der Waals surface area (Å²) in [6, 6.07) is 2.35. The molecule has 1 heterocycles. The van der Waals surface area contributed by atoms with Gasteiger partial charge < -0.3 is 10.2 Å². The summed E-state index contributed by atoms with van der Waals surface area (Å²) in [4.78, 5) is 14.6. The van der Waals surface area contributed by atoms with Crippen molar-refractivity contribution in [3.05, 3.63) is 0 Å². The summed E-state index contributed by atoms with van der Waals surface area (Å²) in [6.45, 7) is 5.96. The average Bonchev–Trinajstić information content (AvgIpc) is 2.41. The molecule has 0 unspecified atom stereocenters. The van der Waals surface area contributed by atoms with Crippen LogP contribution in [0.3, 0.4) is 0 Å². The van der Waals surface area contributed by atoms with E-state index in [1.165, 1.54) is 0 Å². The highest BCUT2D eigenvalue weighted by molar-refractivity contribution is 5.79. The Bertz CT molecular complexity index is 321. The SMILES string of the molecule is CCCC(CCC)C(=O)NC1(C#N)CCN(C)CC1. The Morgan fingerprint density at radius 2 is 1.84 bits per heavy atom. The van der Waals surface area contributed by atoms with Crippen LogP contribution in [0.2, 0.25) is 0 Å². The van der Waals surface area contributed by atoms with Gasteiger partial charge in [-0.25, -0.2) is 0 Å². The molecule has 0 bridgehead atoms. The molecule has 0 aromatic heterocycles.